The van der Waals surface area contributed by atoms with E-state index >= 15 is 0 Å². The maximum atomic E-state index is 12.7. The Morgan fingerprint density at radius 1 is 0.893 bits per heavy atom. The van der Waals surface area contributed by atoms with E-state index in [2.05, 4.69) is 0 Å². The fraction of sp³-hybridized carbons (Fsp3) is 0.500. The van der Waals surface area contributed by atoms with Crippen molar-refractivity contribution in [1.29, 1.82) is 0 Å². The van der Waals surface area contributed by atoms with Gasteiger partial charge in [0.25, 0.3) is 11.8 Å². The van der Waals surface area contributed by atoms with Gasteiger partial charge in [-0.3, -0.25) is 32.6 Å². The second kappa shape index (κ2) is 9.41. The zero-order valence-electron chi connectivity index (χ0n) is 16.0. The number of hydrogen-bond donors (Lipinski definition) is 0. The maximum Gasteiger partial charge on any atom is 0.475 e. The van der Waals surface area contributed by atoms with E-state index in [0.29, 0.717) is 11.1 Å². The lowest BCUT2D eigenvalue weighted by Crippen LogP contribution is -2.31. The van der Waals surface area contributed by atoms with Crippen LogP contribution in [0.2, 0.25) is 0 Å². The first-order valence-electron chi connectivity index (χ1n) is 8.31. The molecular weight excluding hydrogens is 412 g/mol. The van der Waals surface area contributed by atoms with Gasteiger partial charge in [0, 0.05) is 35.0 Å². The molecule has 1 aliphatic rings. The van der Waals surface area contributed by atoms with Crippen molar-refractivity contribution in [3.63, 3.8) is 0 Å². The molecule has 0 N–H and O–H groups in total. The molecule has 0 fully saturated rings. The molecule has 156 valence electrons. The van der Waals surface area contributed by atoms with Crippen LogP contribution in [0.1, 0.15) is 33.6 Å². The summed E-state index contributed by atoms with van der Waals surface area (Å²) in [4.78, 5) is 25.9. The van der Waals surface area contributed by atoms with E-state index in [-0.39, 0.29) is 19.4 Å². The molecule has 2 amide bonds. The number of carbonyl (C=O) groups excluding carboxylic acids is 2. The number of phosphoric ester groups is 1. The maximum absolute atomic E-state index is 12.7. The van der Waals surface area contributed by atoms with E-state index < -0.39 is 33.1 Å². The van der Waals surface area contributed by atoms with Crippen LogP contribution in [-0.4, -0.2) is 57.5 Å². The van der Waals surface area contributed by atoms with Crippen LogP contribution < -0.4 is 0 Å². The number of benzene rings is 1. The topological polar surface area (TPSA) is 118 Å². The number of rotatable bonds is 11. The summed E-state index contributed by atoms with van der Waals surface area (Å²) >= 11 is 0. The second-order valence-electron chi connectivity index (χ2n) is 5.73. The Kier molecular flexibility index (Phi) is 7.70. The highest BCUT2D eigenvalue weighted by molar-refractivity contribution is 7.55. The smallest absolute Gasteiger partial charge is 0.310 e. The van der Waals surface area contributed by atoms with Crippen LogP contribution in [0.15, 0.2) is 24.3 Å². The summed E-state index contributed by atoms with van der Waals surface area (Å²) in [5.41, 5.74) is 0.672. The Balaban J connectivity index is 2.10. The van der Waals surface area contributed by atoms with Crippen LogP contribution in [0.5, 0.6) is 0 Å². The molecule has 0 saturated heterocycles. The Morgan fingerprint density at radius 3 is 1.82 bits per heavy atom. The predicted molar refractivity (Wildman–Crippen MR) is 99.2 cm³/mol. The lowest BCUT2D eigenvalue weighted by atomic mass is 10.1. The molecule has 1 aromatic carbocycles. The molecule has 0 bridgehead atoms. The summed E-state index contributed by atoms with van der Waals surface area (Å²) in [6, 6.07) is 6.52. The quantitative estimate of drug-likeness (QED) is 0.381. The minimum Gasteiger partial charge on any atom is -0.310 e. The van der Waals surface area contributed by atoms with Crippen LogP contribution in [-0.2, 0) is 31.7 Å². The number of phosphoric acid groups is 1. The average Bonchev–Trinajstić information content (AvgIpc) is 2.97. The van der Waals surface area contributed by atoms with Crippen LogP contribution in [0.25, 0.3) is 0 Å². The molecule has 2 rings (SSSR count). The fourth-order valence-electron chi connectivity index (χ4n) is 2.75. The summed E-state index contributed by atoms with van der Waals surface area (Å²) in [6.45, 7) is 0.0455. The van der Waals surface area contributed by atoms with Crippen LogP contribution in [0.4, 0.5) is 0 Å². The molecule has 0 spiro atoms. The van der Waals surface area contributed by atoms with Crippen molar-refractivity contribution in [2.75, 3.05) is 35.0 Å². The van der Waals surface area contributed by atoms with E-state index in [1.54, 1.807) is 24.3 Å². The monoisotopic (exact) mass is 435 g/mol. The summed E-state index contributed by atoms with van der Waals surface area (Å²) in [5.74, 6) is -2.10. The molecule has 1 heterocycles. The van der Waals surface area contributed by atoms with Gasteiger partial charge in [-0.25, -0.2) is 4.57 Å². The highest BCUT2D eigenvalue weighted by Gasteiger charge is 2.42. The second-order valence-corrected chi connectivity index (χ2v) is 9.95. The van der Waals surface area contributed by atoms with Crippen LogP contribution in [0, 0.1) is 0 Å². The molecule has 1 atom stereocenters. The highest BCUT2D eigenvalue weighted by atomic mass is 31.2. The largest absolute Gasteiger partial charge is 0.475 e. The number of hydrogen-bond acceptors (Lipinski definition) is 9. The van der Waals surface area contributed by atoms with E-state index in [4.69, 9.17) is 22.6 Å². The Bertz CT molecular complexity index is 777. The van der Waals surface area contributed by atoms with E-state index in [0.717, 1.165) is 33.3 Å². The summed E-state index contributed by atoms with van der Waals surface area (Å²) in [6.07, 6.45) is 0.198. The first kappa shape index (κ1) is 22.9. The average molecular weight is 435 g/mol. The molecule has 0 radical (unpaired) electrons. The first-order valence-corrected chi connectivity index (χ1v) is 11.4. The lowest BCUT2D eigenvalue weighted by Gasteiger charge is -2.27. The van der Waals surface area contributed by atoms with Crippen molar-refractivity contribution >= 4 is 27.2 Å². The molecule has 12 heteroatoms. The zero-order chi connectivity index (χ0) is 20.9. The van der Waals surface area contributed by atoms with Crippen LogP contribution >= 0.6 is 15.4 Å². The molecule has 1 aromatic rings. The zero-order valence-corrected chi connectivity index (χ0v) is 17.8. The Labute approximate surface area is 163 Å². The molecule has 0 saturated carbocycles. The molecule has 1 aliphatic heterocycles. The van der Waals surface area contributed by atoms with Crippen molar-refractivity contribution < 1.29 is 41.3 Å². The third-order valence-electron chi connectivity index (χ3n) is 4.27. The third-order valence-corrected chi connectivity index (χ3v) is 7.93. The summed E-state index contributed by atoms with van der Waals surface area (Å²) < 4.78 is 49.6. The highest BCUT2D eigenvalue weighted by Crippen LogP contribution is 2.61. The third kappa shape index (κ3) is 4.60. The SMILES string of the molecule is COP(=O)(OC)OC(CCCN1C(=O)c2ccccc2C1=O)P(=O)(OC)OC. The van der Waals surface area contributed by atoms with E-state index in [1.165, 1.54) is 0 Å². The van der Waals surface area contributed by atoms with E-state index in [1.807, 2.05) is 0 Å². The van der Waals surface area contributed by atoms with Gasteiger partial charge in [0.1, 0.15) is 0 Å². The Hall–Kier alpha value is -1.38. The van der Waals surface area contributed by atoms with Gasteiger partial charge in [-0.15, -0.1) is 0 Å². The summed E-state index contributed by atoms with van der Waals surface area (Å²) in [7, 11) is -3.23. The van der Waals surface area contributed by atoms with Gasteiger partial charge in [0.15, 0.2) is 5.85 Å². The molecule has 28 heavy (non-hydrogen) atoms. The number of fused-ring (bicyclic) bond motifs is 1. The van der Waals surface area contributed by atoms with Crippen molar-refractivity contribution in [2.24, 2.45) is 0 Å². The molecule has 0 aromatic heterocycles. The molecule has 1 unspecified atom stereocenters. The number of amides is 2. The van der Waals surface area contributed by atoms with Crippen LogP contribution in [0.3, 0.4) is 0 Å². The van der Waals surface area contributed by atoms with Crippen molar-refractivity contribution in [3.8, 4) is 0 Å². The molecule has 10 nitrogen and oxygen atoms in total. The lowest BCUT2D eigenvalue weighted by molar-refractivity contribution is 0.0640. The summed E-state index contributed by atoms with van der Waals surface area (Å²) in [5, 5.41) is 0. The van der Waals surface area contributed by atoms with Gasteiger partial charge >= 0.3 is 15.4 Å². The first-order chi connectivity index (χ1) is 13.2. The van der Waals surface area contributed by atoms with Gasteiger partial charge in [-0.2, -0.15) is 0 Å². The normalized spacial score (nSPS) is 15.8. The fourth-order valence-corrected chi connectivity index (χ4v) is 5.41. The van der Waals surface area contributed by atoms with E-state index in [9.17, 15) is 18.7 Å². The minimum atomic E-state index is -3.98. The number of carbonyl (C=O) groups is 2. The van der Waals surface area contributed by atoms with Crippen molar-refractivity contribution in [3.05, 3.63) is 35.4 Å². The van der Waals surface area contributed by atoms with Gasteiger partial charge in [0.2, 0.25) is 0 Å². The predicted octanol–water partition coefficient (Wildman–Crippen LogP) is 3.29. The number of imide groups is 1. The van der Waals surface area contributed by atoms with Gasteiger partial charge in [-0.05, 0) is 25.0 Å². The van der Waals surface area contributed by atoms with Crippen molar-refractivity contribution in [1.82, 2.24) is 4.90 Å². The van der Waals surface area contributed by atoms with Gasteiger partial charge < -0.3 is 9.05 Å². The number of nitrogens with zero attached hydrogens (tertiary/aromatic N) is 1. The Morgan fingerprint density at radius 2 is 1.39 bits per heavy atom. The van der Waals surface area contributed by atoms with Gasteiger partial charge in [0.05, 0.1) is 11.1 Å². The molecule has 0 aliphatic carbocycles. The standard InChI is InChI=1S/C16H23NO9P2/c1-22-27(20,23-2)14(26-28(21,24-3)25-4)10-7-11-17-15(18)12-8-5-6-9-13(12)16(17)19/h5-6,8-9,14H,7,10-11H2,1-4H3. The van der Waals surface area contributed by atoms with Gasteiger partial charge in [-0.1, -0.05) is 12.1 Å². The molecular formula is C16H23NO9P2. The van der Waals surface area contributed by atoms with Crippen molar-refractivity contribution in [2.45, 2.75) is 18.7 Å². The minimum absolute atomic E-state index is 0.00305.